The van der Waals surface area contributed by atoms with Crippen molar-refractivity contribution in [2.24, 2.45) is 5.10 Å². The summed E-state index contributed by atoms with van der Waals surface area (Å²) in [5.74, 6) is 0.311. The fourth-order valence-corrected chi connectivity index (χ4v) is 4.34. The molecular formula is C26H25ClN2O7S. The number of hydrazone groups is 1. The maximum Gasteiger partial charge on any atom is 0.339 e. The maximum atomic E-state index is 12.6. The molecule has 1 amide bonds. The highest BCUT2D eigenvalue weighted by Crippen LogP contribution is 2.38. The molecule has 0 spiro atoms. The van der Waals surface area contributed by atoms with Gasteiger partial charge in [0.15, 0.2) is 17.2 Å². The lowest BCUT2D eigenvalue weighted by Gasteiger charge is -2.13. The zero-order chi connectivity index (χ0) is 26.8. The summed E-state index contributed by atoms with van der Waals surface area (Å²) in [6, 6.07) is 15.3. The van der Waals surface area contributed by atoms with Gasteiger partial charge in [0.2, 0.25) is 5.75 Å². The van der Waals surface area contributed by atoms with Gasteiger partial charge in [-0.05, 0) is 55.0 Å². The molecule has 0 fully saturated rings. The van der Waals surface area contributed by atoms with E-state index in [0.29, 0.717) is 35.8 Å². The normalized spacial score (nSPS) is 11.1. The number of benzene rings is 3. The molecule has 11 heteroatoms. The molecule has 3 rings (SSSR count). The first kappa shape index (κ1) is 27.6. The summed E-state index contributed by atoms with van der Waals surface area (Å²) in [5, 5.41) is 3.93. The lowest BCUT2D eigenvalue weighted by molar-refractivity contribution is 0.0954. The number of nitrogens with zero attached hydrogens (tertiary/aromatic N) is 1. The van der Waals surface area contributed by atoms with Crippen molar-refractivity contribution < 1.29 is 31.6 Å². The van der Waals surface area contributed by atoms with Crippen molar-refractivity contribution in [3.05, 3.63) is 89.5 Å². The molecule has 3 aromatic rings. The number of nitrogens with one attached hydrogen (secondary N) is 1. The topological polar surface area (TPSA) is 113 Å². The van der Waals surface area contributed by atoms with E-state index in [0.717, 1.165) is 0 Å². The number of methoxy groups -OCH3 is 1. The van der Waals surface area contributed by atoms with Crippen LogP contribution in [-0.2, 0) is 10.1 Å². The average molecular weight is 545 g/mol. The fourth-order valence-electron chi connectivity index (χ4n) is 3.06. The first-order valence-electron chi connectivity index (χ1n) is 11.0. The predicted molar refractivity (Wildman–Crippen MR) is 141 cm³/mol. The number of hydrogen-bond donors (Lipinski definition) is 1. The zero-order valence-electron chi connectivity index (χ0n) is 20.1. The molecule has 0 saturated heterocycles. The molecule has 0 atom stereocenters. The average Bonchev–Trinajstić information content (AvgIpc) is 2.89. The van der Waals surface area contributed by atoms with Crippen molar-refractivity contribution in [2.75, 3.05) is 20.3 Å². The van der Waals surface area contributed by atoms with E-state index in [9.17, 15) is 13.2 Å². The van der Waals surface area contributed by atoms with Crippen LogP contribution in [0, 0.1) is 0 Å². The molecule has 37 heavy (non-hydrogen) atoms. The first-order valence-corrected chi connectivity index (χ1v) is 12.8. The number of hydrogen-bond acceptors (Lipinski definition) is 8. The van der Waals surface area contributed by atoms with E-state index in [1.165, 1.54) is 37.6 Å². The minimum Gasteiger partial charge on any atom is -0.493 e. The van der Waals surface area contributed by atoms with Crippen LogP contribution in [0.1, 0.15) is 22.8 Å². The van der Waals surface area contributed by atoms with Gasteiger partial charge in [0.25, 0.3) is 5.91 Å². The smallest absolute Gasteiger partial charge is 0.339 e. The van der Waals surface area contributed by atoms with Gasteiger partial charge in [0.05, 0.1) is 25.0 Å². The van der Waals surface area contributed by atoms with Crippen LogP contribution in [0.3, 0.4) is 0 Å². The van der Waals surface area contributed by atoms with Crippen LogP contribution in [0.15, 0.2) is 83.3 Å². The number of halogens is 1. The van der Waals surface area contributed by atoms with Gasteiger partial charge in [0.1, 0.15) is 11.5 Å². The number of rotatable bonds is 12. The number of ether oxygens (including phenoxy) is 3. The Balaban J connectivity index is 1.75. The molecular weight excluding hydrogens is 520 g/mol. The van der Waals surface area contributed by atoms with Gasteiger partial charge in [-0.2, -0.15) is 13.5 Å². The monoisotopic (exact) mass is 544 g/mol. The molecule has 3 aromatic carbocycles. The van der Waals surface area contributed by atoms with Crippen molar-refractivity contribution in [1.82, 2.24) is 5.43 Å². The second kappa shape index (κ2) is 12.8. The van der Waals surface area contributed by atoms with Crippen molar-refractivity contribution in [3.63, 3.8) is 0 Å². The SMILES string of the molecule is C=CCOc1ccc(C(=O)N/N=C/c2cc(Cl)c(OS(=O)(=O)c3ccccc3)c(OC)c2)cc1OCC. The van der Waals surface area contributed by atoms with Crippen LogP contribution in [0.5, 0.6) is 23.0 Å². The van der Waals surface area contributed by atoms with Crippen LogP contribution in [0.4, 0.5) is 0 Å². The number of amides is 1. The van der Waals surface area contributed by atoms with Gasteiger partial charge in [-0.15, -0.1) is 0 Å². The highest BCUT2D eigenvalue weighted by molar-refractivity contribution is 7.87. The van der Waals surface area contributed by atoms with Gasteiger partial charge < -0.3 is 18.4 Å². The van der Waals surface area contributed by atoms with E-state index in [2.05, 4.69) is 17.1 Å². The molecule has 0 radical (unpaired) electrons. The predicted octanol–water partition coefficient (Wildman–Crippen LogP) is 4.84. The van der Waals surface area contributed by atoms with Crippen LogP contribution < -0.4 is 23.8 Å². The minimum atomic E-state index is -4.14. The Morgan fingerprint density at radius 1 is 1.05 bits per heavy atom. The first-order chi connectivity index (χ1) is 17.8. The summed E-state index contributed by atoms with van der Waals surface area (Å²) in [6.07, 6.45) is 2.93. The molecule has 0 unspecified atom stereocenters. The molecule has 0 saturated carbocycles. The van der Waals surface area contributed by atoms with Crippen molar-refractivity contribution in [2.45, 2.75) is 11.8 Å². The molecule has 0 heterocycles. The van der Waals surface area contributed by atoms with E-state index in [4.69, 9.17) is 30.0 Å². The van der Waals surface area contributed by atoms with E-state index in [1.54, 1.807) is 42.5 Å². The summed E-state index contributed by atoms with van der Waals surface area (Å²) in [7, 11) is -2.79. The third-order valence-electron chi connectivity index (χ3n) is 4.72. The Morgan fingerprint density at radius 3 is 2.49 bits per heavy atom. The maximum absolute atomic E-state index is 12.6. The highest BCUT2D eigenvalue weighted by Gasteiger charge is 2.22. The number of carbonyl (C=O) groups is 1. The Labute approximate surface area is 220 Å². The number of carbonyl (C=O) groups excluding carboxylic acids is 1. The summed E-state index contributed by atoms with van der Waals surface area (Å²) in [6.45, 7) is 6.12. The van der Waals surface area contributed by atoms with E-state index in [-0.39, 0.29) is 21.4 Å². The molecule has 0 aliphatic rings. The van der Waals surface area contributed by atoms with Crippen LogP contribution in [0.25, 0.3) is 0 Å². The Morgan fingerprint density at radius 2 is 1.81 bits per heavy atom. The van der Waals surface area contributed by atoms with Gasteiger partial charge in [-0.1, -0.05) is 42.5 Å². The third kappa shape index (κ3) is 7.25. The lowest BCUT2D eigenvalue weighted by atomic mass is 10.2. The zero-order valence-corrected chi connectivity index (χ0v) is 21.7. The van der Waals surface area contributed by atoms with Gasteiger partial charge in [-0.3, -0.25) is 4.79 Å². The quantitative estimate of drug-likeness (QED) is 0.150. The van der Waals surface area contributed by atoms with Crippen LogP contribution >= 0.6 is 11.6 Å². The van der Waals surface area contributed by atoms with E-state index in [1.807, 2.05) is 6.92 Å². The molecule has 194 valence electrons. The van der Waals surface area contributed by atoms with E-state index >= 15 is 0 Å². The second-order valence-corrected chi connectivity index (χ2v) is 9.23. The van der Waals surface area contributed by atoms with Gasteiger partial charge in [0, 0.05) is 5.56 Å². The largest absolute Gasteiger partial charge is 0.493 e. The second-order valence-electron chi connectivity index (χ2n) is 7.28. The summed E-state index contributed by atoms with van der Waals surface area (Å²) >= 11 is 6.29. The Kier molecular flexibility index (Phi) is 9.53. The lowest BCUT2D eigenvalue weighted by Crippen LogP contribution is -2.17. The summed E-state index contributed by atoms with van der Waals surface area (Å²) in [4.78, 5) is 12.5. The van der Waals surface area contributed by atoms with E-state index < -0.39 is 16.0 Å². The summed E-state index contributed by atoms with van der Waals surface area (Å²) < 4.78 is 46.8. The van der Waals surface area contributed by atoms with Crippen LogP contribution in [0.2, 0.25) is 5.02 Å². The minimum absolute atomic E-state index is 0.0249. The Bertz CT molecular complexity index is 1390. The summed E-state index contributed by atoms with van der Waals surface area (Å²) in [5.41, 5.74) is 3.15. The van der Waals surface area contributed by atoms with Gasteiger partial charge in [-0.25, -0.2) is 5.43 Å². The van der Waals surface area contributed by atoms with Crippen molar-refractivity contribution >= 4 is 33.8 Å². The standard InChI is InChI=1S/C26H25ClN2O7S/c1-4-13-35-22-12-11-19(16-23(22)34-5-2)26(30)29-28-17-18-14-21(27)25(24(15-18)33-3)36-37(31,32)20-9-7-6-8-10-20/h4,6-12,14-17H,1,5,13H2,2-3H3,(H,29,30)/b28-17+. The molecule has 1 N–H and O–H groups in total. The molecule has 9 nitrogen and oxygen atoms in total. The highest BCUT2D eigenvalue weighted by atomic mass is 35.5. The molecule has 0 bridgehead atoms. The van der Waals surface area contributed by atoms with Crippen LogP contribution in [-0.4, -0.2) is 40.9 Å². The Hall–Kier alpha value is -4.02. The molecule has 0 aromatic heterocycles. The van der Waals surface area contributed by atoms with Crippen molar-refractivity contribution in [1.29, 1.82) is 0 Å². The molecule has 0 aliphatic carbocycles. The van der Waals surface area contributed by atoms with Gasteiger partial charge >= 0.3 is 10.1 Å². The fraction of sp³-hybridized carbons (Fsp3) is 0.154. The third-order valence-corrected chi connectivity index (χ3v) is 6.24. The van der Waals surface area contributed by atoms with Crippen molar-refractivity contribution in [3.8, 4) is 23.0 Å². The molecule has 0 aliphatic heterocycles.